The largest absolute Gasteiger partial charge is 0.460 e. The average molecular weight is 235 g/mol. The number of hydrogen-bond donors (Lipinski definition) is 1. The maximum atomic E-state index is 11.0. The molecule has 5 nitrogen and oxygen atoms in total. The highest BCUT2D eigenvalue weighted by atomic mass is 79.9. The van der Waals surface area contributed by atoms with Crippen molar-refractivity contribution in [2.24, 2.45) is 0 Å². The number of carbonyl (C=O) groups excluding carboxylic acids is 1. The van der Waals surface area contributed by atoms with E-state index < -0.39 is 5.97 Å². The molecule has 0 fully saturated rings. The molecule has 0 aliphatic rings. The molecule has 1 aromatic heterocycles. The molecule has 66 valence electrons. The first-order valence-electron chi connectivity index (χ1n) is 3.24. The second-order valence-corrected chi connectivity index (χ2v) is 2.72. The number of nitrogen functional groups attached to an aromatic ring is 1. The summed E-state index contributed by atoms with van der Waals surface area (Å²) in [5, 5.41) is 3.37. The molecule has 0 atom stereocenters. The van der Waals surface area contributed by atoms with Crippen LogP contribution in [0.5, 0.6) is 0 Å². The predicted molar refractivity (Wildman–Crippen MR) is 44.6 cm³/mol. The molecule has 2 N–H and O–H groups in total. The molecule has 1 rings (SSSR count). The van der Waals surface area contributed by atoms with Crippen molar-refractivity contribution in [1.29, 1.82) is 0 Å². The fourth-order valence-electron chi connectivity index (χ4n) is 0.615. The van der Waals surface area contributed by atoms with Gasteiger partial charge in [-0.3, -0.25) is 0 Å². The normalized spacial score (nSPS) is 9.83. The van der Waals surface area contributed by atoms with E-state index in [1.165, 1.54) is 0 Å². The van der Waals surface area contributed by atoms with Gasteiger partial charge in [0.1, 0.15) is 4.47 Å². The number of carbonyl (C=O) groups is 1. The first-order chi connectivity index (χ1) is 5.66. The summed E-state index contributed by atoms with van der Waals surface area (Å²) in [7, 11) is 0. The molecule has 0 aromatic carbocycles. The van der Waals surface area contributed by atoms with Gasteiger partial charge in [-0.25, -0.2) is 4.79 Å². The molecule has 0 saturated heterocycles. The fourth-order valence-corrected chi connectivity index (χ4v) is 0.921. The van der Waals surface area contributed by atoms with E-state index in [1.807, 2.05) is 0 Å². The summed E-state index contributed by atoms with van der Waals surface area (Å²) >= 11 is 3.04. The van der Waals surface area contributed by atoms with E-state index in [0.29, 0.717) is 4.47 Å². The lowest BCUT2D eigenvalue weighted by atomic mass is 10.4. The molecule has 12 heavy (non-hydrogen) atoms. The minimum atomic E-state index is -0.575. The SMILES string of the molecule is CCOC(=O)c1onc(N)c1Br. The van der Waals surface area contributed by atoms with Crippen molar-refractivity contribution in [3.63, 3.8) is 0 Å². The summed E-state index contributed by atoms with van der Waals surface area (Å²) in [6, 6.07) is 0. The van der Waals surface area contributed by atoms with Crippen LogP contribution in [-0.4, -0.2) is 17.7 Å². The second-order valence-electron chi connectivity index (χ2n) is 1.93. The number of nitrogens with zero attached hydrogens (tertiary/aromatic N) is 1. The zero-order valence-electron chi connectivity index (χ0n) is 6.33. The Labute approximate surface area is 77.0 Å². The lowest BCUT2D eigenvalue weighted by molar-refractivity contribution is 0.0478. The van der Waals surface area contributed by atoms with E-state index in [-0.39, 0.29) is 18.2 Å². The van der Waals surface area contributed by atoms with Gasteiger partial charge in [-0.15, -0.1) is 0 Å². The number of anilines is 1. The van der Waals surface area contributed by atoms with Crippen molar-refractivity contribution >= 4 is 27.7 Å². The van der Waals surface area contributed by atoms with Crippen molar-refractivity contribution in [2.75, 3.05) is 12.3 Å². The third-order valence-corrected chi connectivity index (χ3v) is 1.89. The molecule has 0 spiro atoms. The van der Waals surface area contributed by atoms with Gasteiger partial charge in [-0.1, -0.05) is 5.16 Å². The molecule has 0 aliphatic heterocycles. The van der Waals surface area contributed by atoms with Crippen LogP contribution in [0.1, 0.15) is 17.5 Å². The van der Waals surface area contributed by atoms with Gasteiger partial charge < -0.3 is 15.0 Å². The Balaban J connectivity index is 2.88. The highest BCUT2D eigenvalue weighted by molar-refractivity contribution is 9.10. The van der Waals surface area contributed by atoms with Crippen molar-refractivity contribution < 1.29 is 14.1 Å². The Kier molecular flexibility index (Phi) is 2.69. The van der Waals surface area contributed by atoms with Gasteiger partial charge in [0, 0.05) is 0 Å². The van der Waals surface area contributed by atoms with Gasteiger partial charge in [0.05, 0.1) is 6.61 Å². The molecule has 0 aliphatic carbocycles. The van der Waals surface area contributed by atoms with Crippen LogP contribution in [0, 0.1) is 0 Å². The predicted octanol–water partition coefficient (Wildman–Crippen LogP) is 1.20. The highest BCUT2D eigenvalue weighted by Gasteiger charge is 2.19. The summed E-state index contributed by atoms with van der Waals surface area (Å²) in [5.74, 6) is -0.444. The van der Waals surface area contributed by atoms with Crippen LogP contribution in [0.4, 0.5) is 5.82 Å². The standard InChI is InChI=1S/C6H7BrN2O3/c1-2-11-6(10)4-3(7)5(8)9-12-4/h2H2,1H3,(H2,8,9). The number of nitrogens with two attached hydrogens (primary N) is 1. The number of ether oxygens (including phenoxy) is 1. The van der Waals surface area contributed by atoms with Gasteiger partial charge in [-0.2, -0.15) is 0 Å². The maximum absolute atomic E-state index is 11.0. The maximum Gasteiger partial charge on any atom is 0.378 e. The van der Waals surface area contributed by atoms with Crippen molar-refractivity contribution in [3.8, 4) is 0 Å². The number of hydrogen-bond acceptors (Lipinski definition) is 5. The first-order valence-corrected chi connectivity index (χ1v) is 4.03. The summed E-state index contributed by atoms with van der Waals surface area (Å²) in [4.78, 5) is 11.0. The molecule has 0 radical (unpaired) electrons. The monoisotopic (exact) mass is 234 g/mol. The smallest absolute Gasteiger partial charge is 0.378 e. The van der Waals surface area contributed by atoms with Crippen LogP contribution in [0.25, 0.3) is 0 Å². The quantitative estimate of drug-likeness (QED) is 0.779. The van der Waals surface area contributed by atoms with Crippen LogP contribution in [0.15, 0.2) is 9.00 Å². The second kappa shape index (κ2) is 3.57. The Hall–Kier alpha value is -1.04. The van der Waals surface area contributed by atoms with E-state index in [9.17, 15) is 4.79 Å². The van der Waals surface area contributed by atoms with Crippen LogP contribution in [0.3, 0.4) is 0 Å². The molecule has 0 amide bonds. The van der Waals surface area contributed by atoms with E-state index in [4.69, 9.17) is 5.73 Å². The van der Waals surface area contributed by atoms with Crippen LogP contribution in [0.2, 0.25) is 0 Å². The summed E-state index contributed by atoms with van der Waals surface area (Å²) in [6.07, 6.45) is 0. The third kappa shape index (κ3) is 1.58. The van der Waals surface area contributed by atoms with Gasteiger partial charge in [0.15, 0.2) is 5.82 Å². The molecule has 0 unspecified atom stereocenters. The summed E-state index contributed by atoms with van der Waals surface area (Å²) < 4.78 is 9.61. The van der Waals surface area contributed by atoms with E-state index in [2.05, 4.69) is 30.3 Å². The number of halogens is 1. The lowest BCUT2D eigenvalue weighted by Crippen LogP contribution is -2.03. The van der Waals surface area contributed by atoms with Crippen molar-refractivity contribution in [2.45, 2.75) is 6.92 Å². The fraction of sp³-hybridized carbons (Fsp3) is 0.333. The zero-order chi connectivity index (χ0) is 9.14. The van der Waals surface area contributed by atoms with Gasteiger partial charge in [0.2, 0.25) is 0 Å². The van der Waals surface area contributed by atoms with Crippen LogP contribution in [-0.2, 0) is 4.74 Å². The summed E-state index contributed by atoms with van der Waals surface area (Å²) in [5.41, 5.74) is 5.32. The summed E-state index contributed by atoms with van der Waals surface area (Å²) in [6.45, 7) is 1.98. The molecular weight excluding hydrogens is 228 g/mol. The van der Waals surface area contributed by atoms with Crippen molar-refractivity contribution in [3.05, 3.63) is 10.2 Å². The molecule has 0 saturated carbocycles. The minimum absolute atomic E-state index is 0.00523. The van der Waals surface area contributed by atoms with Gasteiger partial charge >= 0.3 is 5.97 Å². The topological polar surface area (TPSA) is 78.3 Å². The highest BCUT2D eigenvalue weighted by Crippen LogP contribution is 2.23. The van der Waals surface area contributed by atoms with Gasteiger partial charge in [0.25, 0.3) is 5.76 Å². The molecule has 1 heterocycles. The zero-order valence-corrected chi connectivity index (χ0v) is 7.92. The van der Waals surface area contributed by atoms with Crippen LogP contribution < -0.4 is 5.73 Å². The molecule has 6 heteroatoms. The van der Waals surface area contributed by atoms with E-state index in [0.717, 1.165) is 0 Å². The molecular formula is C6H7BrN2O3. The molecule has 1 aromatic rings. The Bertz CT molecular complexity index is 297. The number of aromatic nitrogens is 1. The lowest BCUT2D eigenvalue weighted by Gasteiger charge is -1.95. The number of rotatable bonds is 2. The van der Waals surface area contributed by atoms with Crippen molar-refractivity contribution in [1.82, 2.24) is 5.16 Å². The number of esters is 1. The third-order valence-electron chi connectivity index (χ3n) is 1.12. The Morgan fingerprint density at radius 2 is 2.50 bits per heavy atom. The Morgan fingerprint density at radius 1 is 1.83 bits per heavy atom. The molecule has 0 bridgehead atoms. The van der Waals surface area contributed by atoms with Gasteiger partial charge in [-0.05, 0) is 22.9 Å². The Morgan fingerprint density at radius 3 is 2.92 bits per heavy atom. The van der Waals surface area contributed by atoms with Crippen LogP contribution >= 0.6 is 15.9 Å². The first kappa shape index (κ1) is 9.05. The average Bonchev–Trinajstić information content (AvgIpc) is 2.34. The minimum Gasteiger partial charge on any atom is -0.460 e. The van der Waals surface area contributed by atoms with E-state index >= 15 is 0 Å². The van der Waals surface area contributed by atoms with E-state index in [1.54, 1.807) is 6.92 Å².